The van der Waals surface area contributed by atoms with E-state index in [0.29, 0.717) is 12.6 Å². The minimum atomic E-state index is -4.78. The average Bonchev–Trinajstić information content (AvgIpc) is 2.45. The van der Waals surface area contributed by atoms with Gasteiger partial charge in [0.05, 0.1) is 22.1 Å². The van der Waals surface area contributed by atoms with Crippen LogP contribution in [0.1, 0.15) is 18.1 Å². The number of benzene rings is 1. The Morgan fingerprint density at radius 2 is 2.09 bits per heavy atom. The van der Waals surface area contributed by atoms with Crippen LogP contribution in [-0.2, 0) is 16.2 Å². The van der Waals surface area contributed by atoms with Crippen LogP contribution in [0.4, 0.5) is 13.2 Å². The fourth-order valence-electron chi connectivity index (χ4n) is 2.28. The van der Waals surface area contributed by atoms with E-state index in [2.05, 4.69) is 5.32 Å². The van der Waals surface area contributed by atoms with Crippen molar-refractivity contribution >= 4 is 10.0 Å². The average molecular weight is 333 g/mol. The van der Waals surface area contributed by atoms with Crippen LogP contribution in [-0.4, -0.2) is 38.4 Å². The molecular formula is C13H14F3N3O2S. The highest BCUT2D eigenvalue weighted by atomic mass is 32.2. The molecule has 1 heterocycles. The summed E-state index contributed by atoms with van der Waals surface area (Å²) in [6.07, 6.45) is -4.78. The Bertz CT molecular complexity index is 710. The van der Waals surface area contributed by atoms with Gasteiger partial charge in [-0.15, -0.1) is 0 Å². The molecular weight excluding hydrogens is 319 g/mol. The van der Waals surface area contributed by atoms with Gasteiger partial charge < -0.3 is 5.32 Å². The molecule has 22 heavy (non-hydrogen) atoms. The first kappa shape index (κ1) is 16.7. The zero-order valence-electron chi connectivity index (χ0n) is 11.7. The minimum Gasteiger partial charge on any atom is -0.312 e. The summed E-state index contributed by atoms with van der Waals surface area (Å²) in [5, 5.41) is 11.8. The molecule has 1 aliphatic rings. The molecule has 5 nitrogen and oxygen atoms in total. The molecule has 2 rings (SSSR count). The zero-order chi connectivity index (χ0) is 16.5. The van der Waals surface area contributed by atoms with Gasteiger partial charge in [0, 0.05) is 25.7 Å². The Labute approximate surface area is 126 Å². The number of nitrogens with zero attached hydrogens (tertiary/aromatic N) is 2. The first-order valence-electron chi connectivity index (χ1n) is 6.51. The SMILES string of the molecule is C[C@H]1CN(S(=O)(=O)c2ccc(C#N)c(C(F)(F)F)c2)CCN1. The maximum Gasteiger partial charge on any atom is 0.417 e. The molecule has 1 fully saturated rings. The molecule has 120 valence electrons. The summed E-state index contributed by atoms with van der Waals surface area (Å²) >= 11 is 0. The molecule has 1 aromatic rings. The molecule has 0 aromatic heterocycles. The molecule has 0 aliphatic carbocycles. The highest BCUT2D eigenvalue weighted by Gasteiger charge is 2.36. The van der Waals surface area contributed by atoms with Gasteiger partial charge in [-0.25, -0.2) is 8.42 Å². The third kappa shape index (κ3) is 3.24. The van der Waals surface area contributed by atoms with Crippen molar-refractivity contribution in [2.75, 3.05) is 19.6 Å². The second-order valence-electron chi connectivity index (χ2n) is 5.04. The van der Waals surface area contributed by atoms with Gasteiger partial charge >= 0.3 is 6.18 Å². The zero-order valence-corrected chi connectivity index (χ0v) is 12.5. The third-order valence-corrected chi connectivity index (χ3v) is 5.25. The molecule has 0 radical (unpaired) electrons. The summed E-state index contributed by atoms with van der Waals surface area (Å²) in [6.45, 7) is 2.60. The van der Waals surface area contributed by atoms with Crippen LogP contribution in [0.5, 0.6) is 0 Å². The Morgan fingerprint density at radius 1 is 1.41 bits per heavy atom. The van der Waals surface area contributed by atoms with E-state index in [1.54, 1.807) is 6.92 Å². The lowest BCUT2D eigenvalue weighted by Gasteiger charge is -2.31. The van der Waals surface area contributed by atoms with Crippen LogP contribution in [0.25, 0.3) is 0 Å². The first-order valence-corrected chi connectivity index (χ1v) is 7.95. The van der Waals surface area contributed by atoms with Crippen molar-refractivity contribution in [1.82, 2.24) is 9.62 Å². The number of hydrogen-bond acceptors (Lipinski definition) is 4. The second kappa shape index (κ2) is 5.87. The van der Waals surface area contributed by atoms with Crippen LogP contribution in [0, 0.1) is 11.3 Å². The smallest absolute Gasteiger partial charge is 0.312 e. The molecule has 1 atom stereocenters. The largest absolute Gasteiger partial charge is 0.417 e. The van der Waals surface area contributed by atoms with Crippen molar-refractivity contribution < 1.29 is 21.6 Å². The number of halogens is 3. The number of alkyl halides is 3. The Morgan fingerprint density at radius 3 is 2.64 bits per heavy atom. The molecule has 0 bridgehead atoms. The van der Waals surface area contributed by atoms with Crippen LogP contribution in [0.2, 0.25) is 0 Å². The summed E-state index contributed by atoms with van der Waals surface area (Å²) in [5.74, 6) is 0. The van der Waals surface area contributed by atoms with Crippen LogP contribution < -0.4 is 5.32 Å². The van der Waals surface area contributed by atoms with E-state index in [1.807, 2.05) is 0 Å². The van der Waals surface area contributed by atoms with Crippen molar-refractivity contribution in [3.05, 3.63) is 29.3 Å². The van der Waals surface area contributed by atoms with Gasteiger partial charge in [-0.05, 0) is 25.1 Å². The topological polar surface area (TPSA) is 73.2 Å². The first-order chi connectivity index (χ1) is 10.2. The van der Waals surface area contributed by atoms with E-state index in [1.165, 1.54) is 6.07 Å². The van der Waals surface area contributed by atoms with Crippen molar-refractivity contribution in [3.8, 4) is 6.07 Å². The monoisotopic (exact) mass is 333 g/mol. The van der Waals surface area contributed by atoms with Gasteiger partial charge in [-0.1, -0.05) is 0 Å². The van der Waals surface area contributed by atoms with E-state index in [-0.39, 0.29) is 19.1 Å². The fraction of sp³-hybridized carbons (Fsp3) is 0.462. The highest BCUT2D eigenvalue weighted by Crippen LogP contribution is 2.34. The molecule has 0 spiro atoms. The van der Waals surface area contributed by atoms with E-state index >= 15 is 0 Å². The normalized spacial score (nSPS) is 20.6. The highest BCUT2D eigenvalue weighted by molar-refractivity contribution is 7.89. The Kier molecular flexibility index (Phi) is 4.47. The summed E-state index contributed by atoms with van der Waals surface area (Å²) in [7, 11) is -4.02. The Hall–Kier alpha value is -1.63. The standard InChI is InChI=1S/C13H14F3N3O2S/c1-9-8-19(5-4-18-9)22(20,21)11-3-2-10(7-17)12(6-11)13(14,15)16/h2-3,6,9,18H,4-5,8H2,1H3/t9-/m0/s1. The number of sulfonamides is 1. The predicted octanol–water partition coefficient (Wildman–Crippen LogP) is 1.56. The number of nitrogens with one attached hydrogen (secondary N) is 1. The Balaban J connectivity index is 2.46. The van der Waals surface area contributed by atoms with Gasteiger partial charge in [0.25, 0.3) is 0 Å². The number of hydrogen-bond donors (Lipinski definition) is 1. The molecule has 0 saturated carbocycles. The molecule has 1 saturated heterocycles. The van der Waals surface area contributed by atoms with Crippen molar-refractivity contribution in [1.29, 1.82) is 5.26 Å². The predicted molar refractivity (Wildman–Crippen MR) is 72.4 cm³/mol. The second-order valence-corrected chi connectivity index (χ2v) is 6.97. The number of rotatable bonds is 2. The maximum atomic E-state index is 12.9. The van der Waals surface area contributed by atoms with Crippen LogP contribution >= 0.6 is 0 Å². The maximum absolute atomic E-state index is 12.9. The lowest BCUT2D eigenvalue weighted by atomic mass is 10.1. The molecule has 0 unspecified atom stereocenters. The van der Waals surface area contributed by atoms with Crippen LogP contribution in [0.15, 0.2) is 23.1 Å². The number of nitriles is 1. The fourth-order valence-corrected chi connectivity index (χ4v) is 3.84. The molecule has 1 N–H and O–H groups in total. The summed E-state index contributed by atoms with van der Waals surface area (Å²) < 4.78 is 64.9. The molecule has 0 amide bonds. The van der Waals surface area contributed by atoms with E-state index < -0.39 is 32.2 Å². The molecule has 9 heteroatoms. The van der Waals surface area contributed by atoms with Crippen molar-refractivity contribution in [3.63, 3.8) is 0 Å². The van der Waals surface area contributed by atoms with Gasteiger partial charge in [0.2, 0.25) is 10.0 Å². The van der Waals surface area contributed by atoms with Crippen molar-refractivity contribution in [2.45, 2.75) is 24.0 Å². The van der Waals surface area contributed by atoms with E-state index in [0.717, 1.165) is 16.4 Å². The summed E-state index contributed by atoms with van der Waals surface area (Å²) in [5.41, 5.74) is -1.83. The van der Waals surface area contributed by atoms with Gasteiger partial charge in [0.15, 0.2) is 0 Å². The summed E-state index contributed by atoms with van der Waals surface area (Å²) in [6, 6.07) is 3.81. The molecule has 1 aliphatic heterocycles. The van der Waals surface area contributed by atoms with Crippen molar-refractivity contribution in [2.24, 2.45) is 0 Å². The third-order valence-electron chi connectivity index (χ3n) is 3.39. The lowest BCUT2D eigenvalue weighted by molar-refractivity contribution is -0.137. The van der Waals surface area contributed by atoms with Gasteiger partial charge in [-0.2, -0.15) is 22.7 Å². The lowest BCUT2D eigenvalue weighted by Crippen LogP contribution is -2.51. The molecule has 1 aromatic carbocycles. The van der Waals surface area contributed by atoms with E-state index in [9.17, 15) is 21.6 Å². The number of piperazine rings is 1. The van der Waals surface area contributed by atoms with Crippen LogP contribution in [0.3, 0.4) is 0 Å². The van der Waals surface area contributed by atoms with Gasteiger partial charge in [-0.3, -0.25) is 0 Å². The van der Waals surface area contributed by atoms with E-state index in [4.69, 9.17) is 5.26 Å². The minimum absolute atomic E-state index is 0.0796. The van der Waals surface area contributed by atoms with Gasteiger partial charge in [0.1, 0.15) is 0 Å². The summed E-state index contributed by atoms with van der Waals surface area (Å²) in [4.78, 5) is -0.451. The quantitative estimate of drug-likeness (QED) is 0.891.